The lowest BCUT2D eigenvalue weighted by Gasteiger charge is -2.14. The van der Waals surface area contributed by atoms with Crippen LogP contribution in [0.3, 0.4) is 0 Å². The van der Waals surface area contributed by atoms with Crippen LogP contribution >= 0.6 is 0 Å². The first-order chi connectivity index (χ1) is 14.8. The topological polar surface area (TPSA) is 80.9 Å². The molecule has 0 saturated heterocycles. The molecule has 1 N–H and O–H groups in total. The van der Waals surface area contributed by atoms with E-state index in [1.54, 1.807) is 29.2 Å². The Bertz CT molecular complexity index is 1220. The molecular formula is C23H27N7O. The number of anilines is 2. The van der Waals surface area contributed by atoms with Gasteiger partial charge in [0.2, 0.25) is 0 Å². The van der Waals surface area contributed by atoms with Crippen LogP contribution in [-0.4, -0.2) is 44.5 Å². The summed E-state index contributed by atoms with van der Waals surface area (Å²) in [4.78, 5) is 19.8. The maximum atomic E-state index is 13.2. The molecule has 0 saturated carbocycles. The molecule has 3 aromatic heterocycles. The predicted octanol–water partition coefficient (Wildman–Crippen LogP) is 3.88. The first-order valence-corrected chi connectivity index (χ1v) is 10.3. The van der Waals surface area contributed by atoms with Crippen LogP contribution in [0.1, 0.15) is 41.5 Å². The van der Waals surface area contributed by atoms with Crippen molar-refractivity contribution in [3.63, 3.8) is 0 Å². The fraction of sp³-hybridized carbons (Fsp3) is 0.304. The summed E-state index contributed by atoms with van der Waals surface area (Å²) in [5.41, 5.74) is 4.28. The monoisotopic (exact) mass is 417 g/mol. The minimum absolute atomic E-state index is 0.156. The maximum absolute atomic E-state index is 13.2. The summed E-state index contributed by atoms with van der Waals surface area (Å²) in [7, 11) is 4.03. The number of benzene rings is 1. The fourth-order valence-corrected chi connectivity index (χ4v) is 3.53. The standard InChI is InChI=1S/C23H27N7O/c1-15(2)30-22-20(13-25-30)19(12-16(3)26-22)23(31)27-21-10-11-24-29(21)14-17-6-8-18(9-7-17)28(4)5/h6-13,15H,14H2,1-5H3,(H,27,31). The molecule has 160 valence electrons. The minimum Gasteiger partial charge on any atom is -0.378 e. The number of carbonyl (C=O) groups is 1. The quantitative estimate of drug-likeness (QED) is 0.515. The highest BCUT2D eigenvalue weighted by molar-refractivity contribution is 6.11. The highest BCUT2D eigenvalue weighted by Crippen LogP contribution is 2.22. The molecule has 8 heteroatoms. The van der Waals surface area contributed by atoms with Gasteiger partial charge in [0.1, 0.15) is 5.82 Å². The number of amides is 1. The average molecular weight is 418 g/mol. The van der Waals surface area contributed by atoms with E-state index in [2.05, 4.69) is 49.7 Å². The van der Waals surface area contributed by atoms with Crippen molar-refractivity contribution in [2.75, 3.05) is 24.3 Å². The number of rotatable bonds is 6. The van der Waals surface area contributed by atoms with Gasteiger partial charge in [0.05, 0.1) is 29.9 Å². The van der Waals surface area contributed by atoms with Crippen LogP contribution in [0, 0.1) is 6.92 Å². The zero-order valence-electron chi connectivity index (χ0n) is 18.5. The molecule has 3 heterocycles. The van der Waals surface area contributed by atoms with E-state index >= 15 is 0 Å². The van der Waals surface area contributed by atoms with Crippen molar-refractivity contribution >= 4 is 28.4 Å². The fourth-order valence-electron chi connectivity index (χ4n) is 3.53. The first-order valence-electron chi connectivity index (χ1n) is 10.3. The Morgan fingerprint density at radius 1 is 1.13 bits per heavy atom. The number of nitrogens with one attached hydrogen (secondary N) is 1. The Morgan fingerprint density at radius 3 is 2.55 bits per heavy atom. The molecule has 0 aliphatic rings. The summed E-state index contributed by atoms with van der Waals surface area (Å²) >= 11 is 0. The highest BCUT2D eigenvalue weighted by atomic mass is 16.1. The van der Waals surface area contributed by atoms with Gasteiger partial charge in [-0.1, -0.05) is 12.1 Å². The third-order valence-corrected chi connectivity index (χ3v) is 5.17. The second-order valence-electron chi connectivity index (χ2n) is 8.12. The molecule has 0 atom stereocenters. The number of pyridine rings is 1. The average Bonchev–Trinajstić information content (AvgIpc) is 3.34. The van der Waals surface area contributed by atoms with E-state index < -0.39 is 0 Å². The van der Waals surface area contributed by atoms with Gasteiger partial charge in [0.25, 0.3) is 5.91 Å². The third kappa shape index (κ3) is 4.14. The number of aryl methyl sites for hydroxylation is 1. The first kappa shape index (κ1) is 20.6. The lowest BCUT2D eigenvalue weighted by molar-refractivity contribution is 0.102. The molecule has 0 aliphatic heterocycles. The largest absolute Gasteiger partial charge is 0.378 e. The SMILES string of the molecule is Cc1cc(C(=O)Nc2ccnn2Cc2ccc(N(C)C)cc2)c2cnn(C(C)C)c2n1. The van der Waals surface area contributed by atoms with Gasteiger partial charge in [-0.15, -0.1) is 0 Å². The van der Waals surface area contributed by atoms with Crippen LogP contribution in [0.15, 0.2) is 48.8 Å². The third-order valence-electron chi connectivity index (χ3n) is 5.17. The van der Waals surface area contributed by atoms with Gasteiger partial charge < -0.3 is 10.2 Å². The Morgan fingerprint density at radius 2 is 1.87 bits per heavy atom. The Balaban J connectivity index is 1.59. The molecule has 8 nitrogen and oxygen atoms in total. The van der Waals surface area contributed by atoms with Crippen molar-refractivity contribution in [2.45, 2.75) is 33.4 Å². The zero-order chi connectivity index (χ0) is 22.1. The molecule has 1 amide bonds. The Kier molecular flexibility index (Phi) is 5.46. The van der Waals surface area contributed by atoms with Crippen LogP contribution in [0.4, 0.5) is 11.5 Å². The van der Waals surface area contributed by atoms with Crippen molar-refractivity contribution < 1.29 is 4.79 Å². The Hall–Kier alpha value is -3.68. The smallest absolute Gasteiger partial charge is 0.257 e. The van der Waals surface area contributed by atoms with Gasteiger partial charge in [-0.25, -0.2) is 14.3 Å². The number of hydrogen-bond acceptors (Lipinski definition) is 5. The van der Waals surface area contributed by atoms with Crippen LogP contribution < -0.4 is 10.2 Å². The van der Waals surface area contributed by atoms with Gasteiger partial charge >= 0.3 is 0 Å². The van der Waals surface area contributed by atoms with Gasteiger partial charge in [-0.3, -0.25) is 4.79 Å². The normalized spacial score (nSPS) is 11.3. The van der Waals surface area contributed by atoms with Gasteiger partial charge in [-0.05, 0) is 44.5 Å². The number of nitrogens with zero attached hydrogens (tertiary/aromatic N) is 6. The van der Waals surface area contributed by atoms with Gasteiger partial charge in [0, 0.05) is 37.6 Å². The van der Waals surface area contributed by atoms with Crippen molar-refractivity contribution in [2.24, 2.45) is 0 Å². The molecular weight excluding hydrogens is 390 g/mol. The molecule has 4 aromatic rings. The second kappa shape index (κ2) is 8.22. The lowest BCUT2D eigenvalue weighted by atomic mass is 10.1. The molecule has 0 fully saturated rings. The van der Waals surface area contributed by atoms with Crippen molar-refractivity contribution in [1.29, 1.82) is 0 Å². The minimum atomic E-state index is -0.205. The molecule has 4 rings (SSSR count). The second-order valence-corrected chi connectivity index (χ2v) is 8.12. The molecule has 0 unspecified atom stereocenters. The number of carbonyl (C=O) groups excluding carboxylic acids is 1. The number of fused-ring (bicyclic) bond motifs is 1. The van der Waals surface area contributed by atoms with Crippen molar-refractivity contribution in [3.8, 4) is 0 Å². The van der Waals surface area contributed by atoms with Gasteiger partial charge in [0.15, 0.2) is 5.65 Å². The van der Waals surface area contributed by atoms with E-state index in [-0.39, 0.29) is 11.9 Å². The maximum Gasteiger partial charge on any atom is 0.257 e. The van der Waals surface area contributed by atoms with E-state index in [0.717, 1.165) is 28.0 Å². The highest BCUT2D eigenvalue weighted by Gasteiger charge is 2.18. The molecule has 1 aromatic carbocycles. The van der Waals surface area contributed by atoms with E-state index in [9.17, 15) is 4.79 Å². The van der Waals surface area contributed by atoms with Gasteiger partial charge in [-0.2, -0.15) is 10.2 Å². The molecule has 0 radical (unpaired) electrons. The summed E-state index contributed by atoms with van der Waals surface area (Å²) in [6.07, 6.45) is 3.40. The zero-order valence-corrected chi connectivity index (χ0v) is 18.5. The molecule has 31 heavy (non-hydrogen) atoms. The van der Waals surface area contributed by atoms with E-state index in [1.165, 1.54) is 0 Å². The van der Waals surface area contributed by atoms with E-state index in [4.69, 9.17) is 0 Å². The summed E-state index contributed by atoms with van der Waals surface area (Å²) < 4.78 is 3.62. The van der Waals surface area contributed by atoms with Crippen LogP contribution in [0.5, 0.6) is 0 Å². The Labute approximate surface area is 181 Å². The molecule has 0 bridgehead atoms. The lowest BCUT2D eigenvalue weighted by Crippen LogP contribution is -2.17. The summed E-state index contributed by atoms with van der Waals surface area (Å²) in [6.45, 7) is 6.53. The number of aromatic nitrogens is 5. The van der Waals surface area contributed by atoms with Crippen molar-refractivity contribution in [1.82, 2.24) is 24.5 Å². The molecule has 0 aliphatic carbocycles. The van der Waals surface area contributed by atoms with E-state index in [0.29, 0.717) is 17.9 Å². The van der Waals surface area contributed by atoms with Crippen LogP contribution in [0.25, 0.3) is 11.0 Å². The number of hydrogen-bond donors (Lipinski definition) is 1. The predicted molar refractivity (Wildman–Crippen MR) is 123 cm³/mol. The summed E-state index contributed by atoms with van der Waals surface area (Å²) in [5, 5.41) is 12.5. The van der Waals surface area contributed by atoms with Crippen LogP contribution in [-0.2, 0) is 6.54 Å². The summed E-state index contributed by atoms with van der Waals surface area (Å²) in [5.74, 6) is 0.434. The van der Waals surface area contributed by atoms with Crippen molar-refractivity contribution in [3.05, 3.63) is 65.6 Å². The van der Waals surface area contributed by atoms with E-state index in [1.807, 2.05) is 39.5 Å². The molecule has 0 spiro atoms. The van der Waals surface area contributed by atoms with Crippen LogP contribution in [0.2, 0.25) is 0 Å². The summed E-state index contributed by atoms with van der Waals surface area (Å²) in [6, 6.07) is 12.0.